The molecule has 0 amide bonds. The van der Waals surface area contributed by atoms with Crippen LogP contribution in [0, 0.1) is 0 Å². The molecule has 2 aromatic heterocycles. The minimum absolute atomic E-state index is 0.105. The summed E-state index contributed by atoms with van der Waals surface area (Å²) >= 11 is 1.53. The number of carbonyl (C=O) groups is 1. The molecule has 0 saturated carbocycles. The molecule has 2 heterocycles. The Morgan fingerprint density at radius 3 is 2.82 bits per heavy atom. The molecule has 3 aromatic rings. The van der Waals surface area contributed by atoms with Gasteiger partial charge in [-0.2, -0.15) is 5.10 Å². The van der Waals surface area contributed by atoms with Gasteiger partial charge in [-0.3, -0.25) is 9.89 Å². The number of aliphatic hydroxyl groups is 1. The SMILES string of the molecule is O=C(C=C(O)c1nc[nH]n1)c1ccsc1Cc1ccccc1. The van der Waals surface area contributed by atoms with Gasteiger partial charge in [0, 0.05) is 22.9 Å². The van der Waals surface area contributed by atoms with E-state index in [0.717, 1.165) is 16.5 Å². The first kappa shape index (κ1) is 14.2. The molecule has 0 unspecified atom stereocenters. The van der Waals surface area contributed by atoms with E-state index in [2.05, 4.69) is 15.2 Å². The number of hydrogen-bond donors (Lipinski definition) is 2. The normalized spacial score (nSPS) is 11.5. The summed E-state index contributed by atoms with van der Waals surface area (Å²) in [7, 11) is 0. The number of aromatic nitrogens is 3. The molecular formula is C16H13N3O2S. The highest BCUT2D eigenvalue weighted by Gasteiger charge is 2.14. The minimum atomic E-state index is -0.255. The monoisotopic (exact) mass is 311 g/mol. The van der Waals surface area contributed by atoms with E-state index in [4.69, 9.17) is 0 Å². The molecule has 5 nitrogen and oxygen atoms in total. The highest BCUT2D eigenvalue weighted by Crippen LogP contribution is 2.22. The second-order valence-corrected chi connectivity index (χ2v) is 5.64. The van der Waals surface area contributed by atoms with Crippen molar-refractivity contribution in [3.8, 4) is 0 Å². The molecule has 0 atom stereocenters. The summed E-state index contributed by atoms with van der Waals surface area (Å²) in [6, 6.07) is 11.7. The number of thiophene rings is 1. The Kier molecular flexibility index (Phi) is 4.11. The van der Waals surface area contributed by atoms with Crippen molar-refractivity contribution in [1.82, 2.24) is 15.2 Å². The lowest BCUT2D eigenvalue weighted by Gasteiger charge is -2.02. The highest BCUT2D eigenvalue weighted by atomic mass is 32.1. The molecule has 0 spiro atoms. The molecule has 0 aliphatic heterocycles. The average molecular weight is 311 g/mol. The Morgan fingerprint density at radius 1 is 1.27 bits per heavy atom. The van der Waals surface area contributed by atoms with E-state index in [1.807, 2.05) is 35.7 Å². The maximum Gasteiger partial charge on any atom is 0.215 e. The van der Waals surface area contributed by atoms with Gasteiger partial charge in [-0.15, -0.1) is 11.3 Å². The van der Waals surface area contributed by atoms with E-state index < -0.39 is 0 Å². The van der Waals surface area contributed by atoms with Gasteiger partial charge >= 0.3 is 0 Å². The Bertz CT molecular complexity index is 792. The van der Waals surface area contributed by atoms with E-state index in [1.54, 1.807) is 6.07 Å². The quantitative estimate of drug-likeness (QED) is 0.431. The van der Waals surface area contributed by atoms with Crippen molar-refractivity contribution < 1.29 is 9.90 Å². The number of aromatic amines is 1. The Morgan fingerprint density at radius 2 is 2.09 bits per heavy atom. The molecule has 6 heteroatoms. The smallest absolute Gasteiger partial charge is 0.215 e. The summed E-state index contributed by atoms with van der Waals surface area (Å²) in [4.78, 5) is 17.1. The van der Waals surface area contributed by atoms with Crippen molar-refractivity contribution in [2.45, 2.75) is 6.42 Å². The fourth-order valence-corrected chi connectivity index (χ4v) is 2.99. The van der Waals surface area contributed by atoms with E-state index in [1.165, 1.54) is 17.7 Å². The van der Waals surface area contributed by atoms with Crippen LogP contribution in [0.25, 0.3) is 5.76 Å². The van der Waals surface area contributed by atoms with Crippen molar-refractivity contribution in [3.63, 3.8) is 0 Å². The first-order chi connectivity index (χ1) is 10.7. The van der Waals surface area contributed by atoms with Crippen molar-refractivity contribution in [2.24, 2.45) is 0 Å². The van der Waals surface area contributed by atoms with Crippen LogP contribution in [0.1, 0.15) is 26.6 Å². The lowest BCUT2D eigenvalue weighted by Crippen LogP contribution is -2.00. The second-order valence-electron chi connectivity index (χ2n) is 4.64. The fraction of sp³-hybridized carbons (Fsp3) is 0.0625. The second kappa shape index (κ2) is 6.36. The molecule has 2 N–H and O–H groups in total. The molecule has 110 valence electrons. The van der Waals surface area contributed by atoms with Gasteiger partial charge in [0.1, 0.15) is 6.33 Å². The predicted molar refractivity (Wildman–Crippen MR) is 84.9 cm³/mol. The van der Waals surface area contributed by atoms with Gasteiger partial charge < -0.3 is 5.11 Å². The third kappa shape index (κ3) is 3.12. The van der Waals surface area contributed by atoms with Gasteiger partial charge in [0.25, 0.3) is 0 Å². The summed E-state index contributed by atoms with van der Waals surface area (Å²) in [6.07, 6.45) is 3.18. The zero-order chi connectivity index (χ0) is 15.4. The van der Waals surface area contributed by atoms with Crippen LogP contribution in [0.2, 0.25) is 0 Å². The summed E-state index contributed by atoms with van der Waals surface area (Å²) in [5.74, 6) is -0.397. The zero-order valence-electron chi connectivity index (χ0n) is 11.6. The molecule has 0 aliphatic carbocycles. The first-order valence-corrected chi connectivity index (χ1v) is 7.53. The standard InChI is InChI=1S/C16H13N3O2S/c20-13(9-14(21)16-17-10-18-19-16)12-6-7-22-15(12)8-11-4-2-1-3-5-11/h1-7,9-10,21H,8H2,(H,17,18,19). The van der Waals surface area contributed by atoms with Crippen LogP contribution in [-0.4, -0.2) is 26.1 Å². The lowest BCUT2D eigenvalue weighted by atomic mass is 10.1. The molecule has 3 rings (SSSR count). The fourth-order valence-electron chi connectivity index (χ4n) is 2.08. The Labute approximate surface area is 131 Å². The lowest BCUT2D eigenvalue weighted by molar-refractivity contribution is 0.104. The van der Waals surface area contributed by atoms with Crippen LogP contribution in [0.3, 0.4) is 0 Å². The van der Waals surface area contributed by atoms with E-state index in [-0.39, 0.29) is 17.4 Å². The first-order valence-electron chi connectivity index (χ1n) is 6.65. The van der Waals surface area contributed by atoms with Crippen LogP contribution >= 0.6 is 11.3 Å². The Balaban J connectivity index is 1.82. The van der Waals surface area contributed by atoms with E-state index in [9.17, 15) is 9.90 Å². The largest absolute Gasteiger partial charge is 0.504 e. The van der Waals surface area contributed by atoms with Crippen molar-refractivity contribution in [3.05, 3.63) is 76.0 Å². The highest BCUT2D eigenvalue weighted by molar-refractivity contribution is 7.10. The molecular weight excluding hydrogens is 298 g/mol. The van der Waals surface area contributed by atoms with Crippen LogP contribution in [0.15, 0.2) is 54.2 Å². The van der Waals surface area contributed by atoms with Crippen LogP contribution in [-0.2, 0) is 6.42 Å². The van der Waals surface area contributed by atoms with Crippen LogP contribution < -0.4 is 0 Å². The number of nitrogens with zero attached hydrogens (tertiary/aromatic N) is 2. The number of aliphatic hydroxyl groups excluding tert-OH is 1. The summed E-state index contributed by atoms with van der Waals surface area (Å²) in [5.41, 5.74) is 1.73. The maximum absolute atomic E-state index is 12.3. The number of carbonyl (C=O) groups excluding carboxylic acids is 1. The number of hydrogen-bond acceptors (Lipinski definition) is 5. The summed E-state index contributed by atoms with van der Waals surface area (Å²) < 4.78 is 0. The topological polar surface area (TPSA) is 78.9 Å². The number of nitrogens with one attached hydrogen (secondary N) is 1. The Hall–Kier alpha value is -2.73. The van der Waals surface area contributed by atoms with Crippen LogP contribution in [0.4, 0.5) is 0 Å². The van der Waals surface area contributed by atoms with Crippen LogP contribution in [0.5, 0.6) is 0 Å². The van der Waals surface area contributed by atoms with E-state index in [0.29, 0.717) is 12.0 Å². The number of H-pyrrole nitrogens is 1. The average Bonchev–Trinajstić information content (AvgIpc) is 3.19. The van der Waals surface area contributed by atoms with Gasteiger partial charge in [-0.05, 0) is 17.0 Å². The third-order valence-corrected chi connectivity index (χ3v) is 4.05. The third-order valence-electron chi connectivity index (χ3n) is 3.13. The number of rotatable bonds is 5. The van der Waals surface area contributed by atoms with Gasteiger partial charge in [0.2, 0.25) is 5.82 Å². The maximum atomic E-state index is 12.3. The number of ketones is 1. The molecule has 1 aromatic carbocycles. The molecule has 0 saturated heterocycles. The minimum Gasteiger partial charge on any atom is -0.504 e. The molecule has 0 fully saturated rings. The predicted octanol–water partition coefficient (Wildman–Crippen LogP) is 3.24. The summed E-state index contributed by atoms with van der Waals surface area (Å²) in [6.45, 7) is 0. The van der Waals surface area contributed by atoms with E-state index >= 15 is 0 Å². The number of benzene rings is 1. The van der Waals surface area contributed by atoms with Crippen molar-refractivity contribution in [2.75, 3.05) is 0 Å². The number of allylic oxidation sites excluding steroid dienone is 1. The molecule has 0 bridgehead atoms. The van der Waals surface area contributed by atoms with Gasteiger partial charge in [-0.25, -0.2) is 4.98 Å². The molecule has 22 heavy (non-hydrogen) atoms. The van der Waals surface area contributed by atoms with Gasteiger partial charge in [0.15, 0.2) is 11.5 Å². The van der Waals surface area contributed by atoms with Crippen molar-refractivity contribution in [1.29, 1.82) is 0 Å². The van der Waals surface area contributed by atoms with Crippen molar-refractivity contribution >= 4 is 22.9 Å². The molecule has 0 radical (unpaired) electrons. The van der Waals surface area contributed by atoms with Gasteiger partial charge in [-0.1, -0.05) is 30.3 Å². The summed E-state index contributed by atoms with van der Waals surface area (Å²) in [5, 5.41) is 18.0. The van der Waals surface area contributed by atoms with Gasteiger partial charge in [0.05, 0.1) is 0 Å². The zero-order valence-corrected chi connectivity index (χ0v) is 12.4. The molecule has 0 aliphatic rings.